The summed E-state index contributed by atoms with van der Waals surface area (Å²) in [5, 5.41) is 0. The molecule has 2 saturated carbocycles. The van der Waals surface area contributed by atoms with Gasteiger partial charge in [-0.2, -0.15) is 0 Å². The monoisotopic (exact) mass is 190 g/mol. The molecule has 0 N–H and O–H groups in total. The number of rotatable bonds is 1. The maximum atomic E-state index is 2.58. The summed E-state index contributed by atoms with van der Waals surface area (Å²) in [7, 11) is 0. The van der Waals surface area contributed by atoms with Crippen molar-refractivity contribution in [2.45, 2.75) is 58.3 Å². The fraction of sp³-hybridized carbons (Fsp3) is 0.857. The van der Waals surface area contributed by atoms with Gasteiger partial charge in [-0.25, -0.2) is 0 Å². The minimum Gasteiger partial charge on any atom is -0.0848 e. The molecular weight excluding hydrogens is 168 g/mol. The lowest BCUT2D eigenvalue weighted by atomic mass is 9.63. The Kier molecular flexibility index (Phi) is 2.00. The van der Waals surface area contributed by atoms with Crippen molar-refractivity contribution in [3.8, 4) is 0 Å². The van der Waals surface area contributed by atoms with E-state index < -0.39 is 0 Å². The van der Waals surface area contributed by atoms with Gasteiger partial charge in [-0.1, -0.05) is 18.6 Å². The summed E-state index contributed by atoms with van der Waals surface area (Å²) in [6, 6.07) is 0. The second-order valence-electron chi connectivity index (χ2n) is 6.02. The molecule has 2 unspecified atom stereocenters. The zero-order valence-electron chi connectivity index (χ0n) is 9.39. The minimum atomic E-state index is 0.629. The van der Waals surface area contributed by atoms with Crippen molar-refractivity contribution in [3.05, 3.63) is 11.6 Å². The molecule has 0 nitrogen and oxygen atoms in total. The average Bonchev–Trinajstić information content (AvgIpc) is 3.00. The van der Waals surface area contributed by atoms with Crippen molar-refractivity contribution in [2.24, 2.45) is 17.3 Å². The van der Waals surface area contributed by atoms with Crippen LogP contribution in [0, 0.1) is 17.3 Å². The highest BCUT2D eigenvalue weighted by Crippen LogP contribution is 2.53. The normalized spacial score (nSPS) is 42.9. The maximum absolute atomic E-state index is 2.58. The Balaban J connectivity index is 1.77. The van der Waals surface area contributed by atoms with Gasteiger partial charge in [0.15, 0.2) is 0 Å². The van der Waals surface area contributed by atoms with Crippen molar-refractivity contribution < 1.29 is 0 Å². The highest BCUT2D eigenvalue weighted by atomic mass is 14.5. The van der Waals surface area contributed by atoms with Crippen LogP contribution in [-0.4, -0.2) is 0 Å². The van der Waals surface area contributed by atoms with Crippen molar-refractivity contribution in [1.29, 1.82) is 0 Å². The van der Waals surface area contributed by atoms with Gasteiger partial charge in [0.2, 0.25) is 0 Å². The molecule has 0 radical (unpaired) electrons. The van der Waals surface area contributed by atoms with Crippen LogP contribution >= 0.6 is 0 Å². The summed E-state index contributed by atoms with van der Waals surface area (Å²) in [5.74, 6) is 2.20. The van der Waals surface area contributed by atoms with Crippen LogP contribution in [-0.2, 0) is 0 Å². The third-order valence-electron chi connectivity index (χ3n) is 4.94. The molecule has 3 aliphatic carbocycles. The van der Waals surface area contributed by atoms with Crippen LogP contribution in [0.1, 0.15) is 58.3 Å². The van der Waals surface area contributed by atoms with Crippen LogP contribution < -0.4 is 0 Å². The summed E-state index contributed by atoms with van der Waals surface area (Å²) in [6.45, 7) is 2.51. The van der Waals surface area contributed by atoms with Gasteiger partial charge in [0.25, 0.3) is 0 Å². The molecule has 0 heterocycles. The molecule has 3 rings (SSSR count). The SMILES string of the molecule is CC12CCCC=C1CC(C1CC1)CC2. The third kappa shape index (κ3) is 1.43. The zero-order valence-corrected chi connectivity index (χ0v) is 9.39. The van der Waals surface area contributed by atoms with Gasteiger partial charge in [0, 0.05) is 0 Å². The van der Waals surface area contributed by atoms with E-state index in [0.29, 0.717) is 5.41 Å². The highest BCUT2D eigenvalue weighted by Gasteiger charge is 2.41. The molecule has 3 aliphatic rings. The van der Waals surface area contributed by atoms with Crippen molar-refractivity contribution >= 4 is 0 Å². The highest BCUT2D eigenvalue weighted by molar-refractivity contribution is 5.20. The lowest BCUT2D eigenvalue weighted by Crippen LogP contribution is -2.29. The molecule has 0 aliphatic heterocycles. The topological polar surface area (TPSA) is 0 Å². The molecule has 0 aromatic heterocycles. The van der Waals surface area contributed by atoms with E-state index in [0.717, 1.165) is 11.8 Å². The quantitative estimate of drug-likeness (QED) is 0.540. The smallest absolute Gasteiger partial charge is 0.0116 e. The average molecular weight is 190 g/mol. The number of hydrogen-bond acceptors (Lipinski definition) is 0. The van der Waals surface area contributed by atoms with Crippen LogP contribution in [0.3, 0.4) is 0 Å². The van der Waals surface area contributed by atoms with E-state index in [2.05, 4.69) is 13.0 Å². The van der Waals surface area contributed by atoms with E-state index in [1.165, 1.54) is 51.4 Å². The molecule has 0 bridgehead atoms. The van der Waals surface area contributed by atoms with E-state index in [1.54, 1.807) is 0 Å². The Hall–Kier alpha value is -0.260. The molecule has 0 aromatic rings. The molecular formula is C14H22. The molecule has 78 valence electrons. The number of allylic oxidation sites excluding steroid dienone is 2. The minimum absolute atomic E-state index is 0.629. The lowest BCUT2D eigenvalue weighted by Gasteiger charge is -2.42. The van der Waals surface area contributed by atoms with Crippen LogP contribution in [0.15, 0.2) is 11.6 Å². The maximum Gasteiger partial charge on any atom is -0.0116 e. The second kappa shape index (κ2) is 3.12. The molecule has 14 heavy (non-hydrogen) atoms. The molecule has 0 heteroatoms. The molecule has 0 aromatic carbocycles. The van der Waals surface area contributed by atoms with Gasteiger partial charge < -0.3 is 0 Å². The first-order chi connectivity index (χ1) is 6.78. The van der Waals surface area contributed by atoms with Crippen LogP contribution in [0.5, 0.6) is 0 Å². The van der Waals surface area contributed by atoms with Gasteiger partial charge in [-0.05, 0) is 68.6 Å². The van der Waals surface area contributed by atoms with Gasteiger partial charge in [-0.3, -0.25) is 0 Å². The Morgan fingerprint density at radius 3 is 2.79 bits per heavy atom. The molecule has 0 amide bonds. The Morgan fingerprint density at radius 2 is 2.00 bits per heavy atom. The van der Waals surface area contributed by atoms with E-state index >= 15 is 0 Å². The first kappa shape index (κ1) is 9.00. The second-order valence-corrected chi connectivity index (χ2v) is 6.02. The van der Waals surface area contributed by atoms with E-state index in [1.807, 2.05) is 5.57 Å². The van der Waals surface area contributed by atoms with Crippen LogP contribution in [0.4, 0.5) is 0 Å². The summed E-state index contributed by atoms with van der Waals surface area (Å²) >= 11 is 0. The number of hydrogen-bond donors (Lipinski definition) is 0. The van der Waals surface area contributed by atoms with E-state index in [4.69, 9.17) is 0 Å². The largest absolute Gasteiger partial charge is 0.0848 e. The molecule has 0 saturated heterocycles. The summed E-state index contributed by atoms with van der Waals surface area (Å²) < 4.78 is 0. The fourth-order valence-corrected chi connectivity index (χ4v) is 3.65. The predicted octanol–water partition coefficient (Wildman–Crippen LogP) is 4.31. The van der Waals surface area contributed by atoms with E-state index in [9.17, 15) is 0 Å². The Bertz CT molecular complexity index is 259. The van der Waals surface area contributed by atoms with Crippen molar-refractivity contribution in [2.75, 3.05) is 0 Å². The summed E-state index contributed by atoms with van der Waals surface area (Å²) in [4.78, 5) is 0. The third-order valence-corrected chi connectivity index (χ3v) is 4.94. The zero-order chi connectivity index (χ0) is 9.60. The van der Waals surface area contributed by atoms with Gasteiger partial charge in [0.1, 0.15) is 0 Å². The van der Waals surface area contributed by atoms with Crippen LogP contribution in [0.25, 0.3) is 0 Å². The Labute approximate surface area is 87.8 Å². The first-order valence-corrected chi connectivity index (χ1v) is 6.47. The standard InChI is InChI=1S/C14H22/c1-14-8-3-2-4-13(14)10-12(7-9-14)11-5-6-11/h4,11-12H,2-3,5-10H2,1H3. The molecule has 0 spiro atoms. The molecule has 2 atom stereocenters. The summed E-state index contributed by atoms with van der Waals surface area (Å²) in [6.07, 6.45) is 14.4. The van der Waals surface area contributed by atoms with E-state index in [-0.39, 0.29) is 0 Å². The van der Waals surface area contributed by atoms with Crippen molar-refractivity contribution in [1.82, 2.24) is 0 Å². The fourth-order valence-electron chi connectivity index (χ4n) is 3.65. The van der Waals surface area contributed by atoms with Crippen LogP contribution in [0.2, 0.25) is 0 Å². The predicted molar refractivity (Wildman–Crippen MR) is 60.1 cm³/mol. The lowest BCUT2D eigenvalue weighted by molar-refractivity contribution is 0.207. The van der Waals surface area contributed by atoms with Gasteiger partial charge in [-0.15, -0.1) is 0 Å². The first-order valence-electron chi connectivity index (χ1n) is 6.47. The Morgan fingerprint density at radius 1 is 1.14 bits per heavy atom. The van der Waals surface area contributed by atoms with Crippen molar-refractivity contribution in [3.63, 3.8) is 0 Å². The summed E-state index contributed by atoms with van der Waals surface area (Å²) in [5.41, 5.74) is 2.47. The van der Waals surface area contributed by atoms with Gasteiger partial charge in [0.05, 0.1) is 0 Å². The van der Waals surface area contributed by atoms with Gasteiger partial charge >= 0.3 is 0 Å². The number of fused-ring (bicyclic) bond motifs is 1. The molecule has 2 fully saturated rings.